The molecule has 0 aliphatic carbocycles. The monoisotopic (exact) mass is 560 g/mol. The number of aryl methyl sites for hydroxylation is 1. The van der Waals surface area contributed by atoms with Gasteiger partial charge in [-0.2, -0.15) is 10.2 Å². The number of hydrogen-bond acceptors (Lipinski definition) is 3. The van der Waals surface area contributed by atoms with Crippen LogP contribution >= 0.6 is 35.4 Å². The number of halogens is 2. The number of aromatic nitrogens is 4. The molecule has 0 aliphatic rings. The van der Waals surface area contributed by atoms with Crippen molar-refractivity contribution in [2.45, 2.75) is 26.9 Å². The third-order valence-corrected chi connectivity index (χ3v) is 7.09. The Labute approximate surface area is 237 Å². The molecule has 38 heavy (non-hydrogen) atoms. The summed E-state index contributed by atoms with van der Waals surface area (Å²) in [5.41, 5.74) is 7.60. The van der Waals surface area contributed by atoms with Gasteiger partial charge in [0.2, 0.25) is 0 Å². The number of nitrogens with one attached hydrogen (secondary N) is 2. The van der Waals surface area contributed by atoms with Crippen molar-refractivity contribution in [1.29, 1.82) is 0 Å². The van der Waals surface area contributed by atoms with E-state index in [1.165, 1.54) is 0 Å². The van der Waals surface area contributed by atoms with Gasteiger partial charge in [-0.25, -0.2) is 4.68 Å². The lowest BCUT2D eigenvalue weighted by Gasteiger charge is -2.12. The second-order valence-electron chi connectivity index (χ2n) is 8.90. The van der Waals surface area contributed by atoms with Crippen LogP contribution in [-0.4, -0.2) is 24.7 Å². The van der Waals surface area contributed by atoms with Crippen LogP contribution in [0.3, 0.4) is 0 Å². The number of para-hydroxylation sites is 1. The van der Waals surface area contributed by atoms with Crippen molar-refractivity contribution >= 4 is 46.2 Å². The molecule has 3 aromatic carbocycles. The van der Waals surface area contributed by atoms with Crippen LogP contribution in [0.2, 0.25) is 10.0 Å². The summed E-state index contributed by atoms with van der Waals surface area (Å²) in [6.07, 6.45) is 2.04. The van der Waals surface area contributed by atoms with Crippen molar-refractivity contribution in [3.05, 3.63) is 118 Å². The zero-order chi connectivity index (χ0) is 26.6. The summed E-state index contributed by atoms with van der Waals surface area (Å²) in [5.74, 6) is 0. The highest BCUT2D eigenvalue weighted by molar-refractivity contribution is 7.80. The van der Waals surface area contributed by atoms with Crippen LogP contribution in [0.25, 0.3) is 16.9 Å². The fourth-order valence-corrected chi connectivity index (χ4v) is 4.91. The molecule has 192 valence electrons. The standard InChI is InChI=1S/C29H26Cl2N6S/c1-19-27(20(2)36(34-19)17-22-13-14-24(30)15-26(22)31)33-29(38)32-16-23-18-37(25-11-7-4-8-12-25)35-28(23)21-9-5-3-6-10-21/h3-15,18H,16-17H2,1-2H3,(H2,32,33,38). The summed E-state index contributed by atoms with van der Waals surface area (Å²) in [5, 5.41) is 18.0. The normalized spacial score (nSPS) is 10.9. The van der Waals surface area contributed by atoms with E-state index in [4.69, 9.17) is 45.6 Å². The average molecular weight is 562 g/mol. The van der Waals surface area contributed by atoms with Crippen LogP contribution in [-0.2, 0) is 13.1 Å². The van der Waals surface area contributed by atoms with Crippen molar-refractivity contribution in [2.75, 3.05) is 5.32 Å². The lowest BCUT2D eigenvalue weighted by Crippen LogP contribution is -2.28. The maximum absolute atomic E-state index is 6.38. The van der Waals surface area contributed by atoms with Gasteiger partial charge in [-0.15, -0.1) is 0 Å². The Balaban J connectivity index is 1.32. The molecule has 0 spiro atoms. The number of anilines is 1. The zero-order valence-corrected chi connectivity index (χ0v) is 23.3. The molecule has 0 saturated carbocycles. The first-order chi connectivity index (χ1) is 18.4. The Hall–Kier alpha value is -3.65. The molecule has 2 aromatic heterocycles. The first-order valence-electron chi connectivity index (χ1n) is 12.1. The Morgan fingerprint density at radius 2 is 1.61 bits per heavy atom. The van der Waals surface area contributed by atoms with Gasteiger partial charge in [-0.05, 0) is 55.9 Å². The van der Waals surface area contributed by atoms with Gasteiger partial charge >= 0.3 is 0 Å². The summed E-state index contributed by atoms with van der Waals surface area (Å²) >= 11 is 18.1. The Morgan fingerprint density at radius 1 is 0.895 bits per heavy atom. The molecule has 5 rings (SSSR count). The largest absolute Gasteiger partial charge is 0.358 e. The molecular weight excluding hydrogens is 535 g/mol. The minimum atomic E-state index is 0.506. The van der Waals surface area contributed by atoms with Gasteiger partial charge in [0.05, 0.1) is 35.0 Å². The van der Waals surface area contributed by atoms with Gasteiger partial charge in [0.1, 0.15) is 0 Å². The second kappa shape index (κ2) is 11.4. The van der Waals surface area contributed by atoms with E-state index in [2.05, 4.69) is 22.8 Å². The molecular formula is C29H26Cl2N6S. The maximum atomic E-state index is 6.38. The van der Waals surface area contributed by atoms with Crippen LogP contribution in [0.5, 0.6) is 0 Å². The molecule has 0 aliphatic heterocycles. The van der Waals surface area contributed by atoms with E-state index in [9.17, 15) is 0 Å². The fraction of sp³-hybridized carbons (Fsp3) is 0.138. The van der Waals surface area contributed by atoms with E-state index in [-0.39, 0.29) is 0 Å². The Bertz CT molecular complexity index is 1580. The van der Waals surface area contributed by atoms with Gasteiger partial charge in [-0.3, -0.25) is 4.68 Å². The Kier molecular flexibility index (Phi) is 7.79. The van der Waals surface area contributed by atoms with E-state index in [0.717, 1.165) is 45.1 Å². The topological polar surface area (TPSA) is 59.7 Å². The molecule has 0 atom stereocenters. The molecule has 0 saturated heterocycles. The predicted octanol–water partition coefficient (Wildman–Crippen LogP) is 7.19. The third kappa shape index (κ3) is 5.75. The third-order valence-electron chi connectivity index (χ3n) is 6.25. The molecule has 0 fully saturated rings. The minimum Gasteiger partial charge on any atom is -0.358 e. The lowest BCUT2D eigenvalue weighted by molar-refractivity contribution is 0.659. The molecule has 9 heteroatoms. The summed E-state index contributed by atoms with van der Waals surface area (Å²) in [7, 11) is 0. The highest BCUT2D eigenvalue weighted by Gasteiger charge is 2.16. The van der Waals surface area contributed by atoms with Crippen LogP contribution in [0, 0.1) is 13.8 Å². The minimum absolute atomic E-state index is 0.506. The molecule has 0 amide bonds. The van der Waals surface area contributed by atoms with Crippen molar-refractivity contribution in [1.82, 2.24) is 24.9 Å². The molecule has 0 unspecified atom stereocenters. The number of hydrogen-bond donors (Lipinski definition) is 2. The molecule has 6 nitrogen and oxygen atoms in total. The predicted molar refractivity (Wildman–Crippen MR) is 159 cm³/mol. The number of nitrogens with zero attached hydrogens (tertiary/aromatic N) is 4. The second-order valence-corrected chi connectivity index (χ2v) is 10.1. The highest BCUT2D eigenvalue weighted by atomic mass is 35.5. The van der Waals surface area contributed by atoms with Crippen LogP contribution in [0.15, 0.2) is 85.1 Å². The number of benzene rings is 3. The summed E-state index contributed by atoms with van der Waals surface area (Å²) in [6.45, 7) is 5.00. The van der Waals surface area contributed by atoms with E-state index in [0.29, 0.717) is 28.2 Å². The van der Waals surface area contributed by atoms with E-state index >= 15 is 0 Å². The summed E-state index contributed by atoms with van der Waals surface area (Å²) in [4.78, 5) is 0. The smallest absolute Gasteiger partial charge is 0.171 e. The molecule has 2 N–H and O–H groups in total. The van der Waals surface area contributed by atoms with Gasteiger partial charge in [-0.1, -0.05) is 77.8 Å². The summed E-state index contributed by atoms with van der Waals surface area (Å²) < 4.78 is 3.81. The van der Waals surface area contributed by atoms with Crippen LogP contribution in [0.1, 0.15) is 22.5 Å². The van der Waals surface area contributed by atoms with Crippen LogP contribution in [0.4, 0.5) is 5.69 Å². The fourth-order valence-electron chi connectivity index (χ4n) is 4.27. The van der Waals surface area contributed by atoms with Crippen molar-refractivity contribution < 1.29 is 0 Å². The van der Waals surface area contributed by atoms with E-state index in [1.807, 2.05) is 90.1 Å². The first-order valence-corrected chi connectivity index (χ1v) is 13.3. The molecule has 5 aromatic rings. The number of thiocarbonyl (C=S) groups is 1. The summed E-state index contributed by atoms with van der Waals surface area (Å²) in [6, 6.07) is 25.7. The Morgan fingerprint density at radius 3 is 2.32 bits per heavy atom. The van der Waals surface area contributed by atoms with Crippen molar-refractivity contribution in [2.24, 2.45) is 0 Å². The van der Waals surface area contributed by atoms with Gasteiger partial charge in [0.25, 0.3) is 0 Å². The van der Waals surface area contributed by atoms with Crippen LogP contribution < -0.4 is 10.6 Å². The molecule has 0 bridgehead atoms. The average Bonchev–Trinajstić information content (AvgIpc) is 3.47. The van der Waals surface area contributed by atoms with Gasteiger partial charge in [0.15, 0.2) is 5.11 Å². The quantitative estimate of drug-likeness (QED) is 0.206. The number of rotatable bonds is 7. The van der Waals surface area contributed by atoms with E-state index < -0.39 is 0 Å². The first kappa shape index (κ1) is 26.0. The zero-order valence-electron chi connectivity index (χ0n) is 21.0. The molecule has 2 heterocycles. The highest BCUT2D eigenvalue weighted by Crippen LogP contribution is 2.26. The maximum Gasteiger partial charge on any atom is 0.171 e. The van der Waals surface area contributed by atoms with Crippen molar-refractivity contribution in [3.63, 3.8) is 0 Å². The van der Waals surface area contributed by atoms with Crippen molar-refractivity contribution in [3.8, 4) is 16.9 Å². The lowest BCUT2D eigenvalue weighted by atomic mass is 10.1. The van der Waals surface area contributed by atoms with E-state index in [1.54, 1.807) is 6.07 Å². The molecule has 0 radical (unpaired) electrons. The SMILES string of the molecule is Cc1nn(Cc2ccc(Cl)cc2Cl)c(C)c1NC(=S)NCc1cn(-c2ccccc2)nc1-c1ccccc1. The van der Waals surface area contributed by atoms with Gasteiger partial charge < -0.3 is 10.6 Å². The van der Waals surface area contributed by atoms with Gasteiger partial charge in [0, 0.05) is 33.9 Å².